The highest BCUT2D eigenvalue weighted by Crippen LogP contribution is 2.30. The lowest BCUT2D eigenvalue weighted by Gasteiger charge is -2.18. The second-order valence-corrected chi connectivity index (χ2v) is 4.02. The molecule has 0 saturated carbocycles. The Morgan fingerprint density at radius 2 is 2.06 bits per heavy atom. The number of fused-ring (bicyclic) bond motifs is 1. The lowest BCUT2D eigenvalue weighted by atomic mass is 10.2. The Balaban J connectivity index is 1.70. The summed E-state index contributed by atoms with van der Waals surface area (Å²) < 4.78 is 15.8. The Morgan fingerprint density at radius 3 is 2.82 bits per heavy atom. The van der Waals surface area contributed by atoms with Crippen LogP contribution < -0.4 is 14.8 Å². The molecule has 0 unspecified atom stereocenters. The van der Waals surface area contributed by atoms with Crippen LogP contribution in [-0.2, 0) is 4.74 Å². The topological polar surface area (TPSA) is 60.1 Å². The summed E-state index contributed by atoms with van der Waals surface area (Å²) in [7, 11) is 0. The number of ether oxygens (including phenoxy) is 3. The molecule has 0 bridgehead atoms. The summed E-state index contributed by atoms with van der Waals surface area (Å²) >= 11 is 0. The van der Waals surface area contributed by atoms with E-state index in [0.717, 1.165) is 6.61 Å². The van der Waals surface area contributed by atoms with Gasteiger partial charge in [-0.2, -0.15) is 0 Å². The van der Waals surface area contributed by atoms with Crippen molar-refractivity contribution in [2.45, 2.75) is 6.10 Å². The Hall–Kier alpha value is -1.75. The predicted octanol–water partition coefficient (Wildman–Crippen LogP) is 0.586. The zero-order valence-electron chi connectivity index (χ0n) is 9.27. The van der Waals surface area contributed by atoms with Gasteiger partial charge in [-0.15, -0.1) is 0 Å². The van der Waals surface area contributed by atoms with Gasteiger partial charge in [0.1, 0.15) is 13.2 Å². The van der Waals surface area contributed by atoms with Gasteiger partial charge in [0.05, 0.1) is 12.7 Å². The van der Waals surface area contributed by atoms with Gasteiger partial charge in [0.25, 0.3) is 5.91 Å². The molecule has 1 N–H and O–H groups in total. The van der Waals surface area contributed by atoms with Crippen molar-refractivity contribution in [2.75, 3.05) is 26.4 Å². The molecule has 1 amide bonds. The number of hydrogen-bond acceptors (Lipinski definition) is 4. The van der Waals surface area contributed by atoms with Gasteiger partial charge < -0.3 is 19.5 Å². The summed E-state index contributed by atoms with van der Waals surface area (Å²) in [6.07, 6.45) is 0.191. The van der Waals surface area contributed by atoms with Gasteiger partial charge in [-0.05, 0) is 18.2 Å². The SMILES string of the molecule is O=C(NC[C@@H]1CO1)c1ccc2c(c1)OCCO2. The molecule has 0 aromatic heterocycles. The van der Waals surface area contributed by atoms with Gasteiger partial charge in [0, 0.05) is 12.1 Å². The number of benzene rings is 1. The monoisotopic (exact) mass is 235 g/mol. The van der Waals surface area contributed by atoms with E-state index in [2.05, 4.69) is 5.32 Å². The third kappa shape index (κ3) is 2.34. The third-order valence-corrected chi connectivity index (χ3v) is 2.70. The van der Waals surface area contributed by atoms with Gasteiger partial charge in [-0.25, -0.2) is 0 Å². The van der Waals surface area contributed by atoms with E-state index < -0.39 is 0 Å². The maximum Gasteiger partial charge on any atom is 0.251 e. The molecule has 2 aliphatic heterocycles. The number of epoxide rings is 1. The first kappa shape index (κ1) is 10.4. The average molecular weight is 235 g/mol. The van der Waals surface area contributed by atoms with Crippen molar-refractivity contribution < 1.29 is 19.0 Å². The molecule has 2 aliphatic rings. The van der Waals surface area contributed by atoms with Crippen LogP contribution in [0.1, 0.15) is 10.4 Å². The Kier molecular flexibility index (Phi) is 2.60. The summed E-state index contributed by atoms with van der Waals surface area (Å²) in [6, 6.07) is 5.20. The number of carbonyl (C=O) groups excluding carboxylic acids is 1. The summed E-state index contributed by atoms with van der Waals surface area (Å²) in [6.45, 7) is 2.38. The standard InChI is InChI=1S/C12H13NO4/c14-12(13-6-9-7-17-9)8-1-2-10-11(5-8)16-4-3-15-10/h1-2,5,9H,3-4,6-7H2,(H,13,14)/t9-/m1/s1. The van der Waals surface area contributed by atoms with Crippen LogP contribution in [0.5, 0.6) is 11.5 Å². The summed E-state index contributed by atoms with van der Waals surface area (Å²) in [5.41, 5.74) is 0.579. The number of carbonyl (C=O) groups is 1. The van der Waals surface area contributed by atoms with Crippen LogP contribution in [0.25, 0.3) is 0 Å². The highest BCUT2D eigenvalue weighted by molar-refractivity contribution is 5.94. The first-order valence-electron chi connectivity index (χ1n) is 5.62. The Morgan fingerprint density at radius 1 is 1.29 bits per heavy atom. The van der Waals surface area contributed by atoms with Crippen LogP contribution in [0, 0.1) is 0 Å². The van der Waals surface area contributed by atoms with E-state index in [1.54, 1.807) is 18.2 Å². The molecule has 0 radical (unpaired) electrons. The minimum Gasteiger partial charge on any atom is -0.486 e. The fourth-order valence-electron chi connectivity index (χ4n) is 1.68. The lowest BCUT2D eigenvalue weighted by molar-refractivity contribution is 0.0949. The van der Waals surface area contributed by atoms with Crippen LogP contribution >= 0.6 is 0 Å². The maximum atomic E-state index is 11.8. The van der Waals surface area contributed by atoms with E-state index in [0.29, 0.717) is 36.8 Å². The molecule has 2 heterocycles. The summed E-state index contributed by atoms with van der Waals surface area (Å²) in [4.78, 5) is 11.8. The van der Waals surface area contributed by atoms with Gasteiger partial charge in [-0.3, -0.25) is 4.79 Å². The Labute approximate surface area is 98.7 Å². The van der Waals surface area contributed by atoms with Crippen LogP contribution in [0.4, 0.5) is 0 Å². The Bertz CT molecular complexity index is 442. The van der Waals surface area contributed by atoms with Crippen molar-refractivity contribution in [2.24, 2.45) is 0 Å². The van der Waals surface area contributed by atoms with E-state index >= 15 is 0 Å². The molecule has 0 spiro atoms. The number of nitrogens with one attached hydrogen (secondary N) is 1. The van der Waals surface area contributed by atoms with Crippen LogP contribution in [-0.4, -0.2) is 38.4 Å². The first-order chi connectivity index (χ1) is 8.33. The average Bonchev–Trinajstić information content (AvgIpc) is 3.19. The van der Waals surface area contributed by atoms with Crippen LogP contribution in [0.3, 0.4) is 0 Å². The minimum atomic E-state index is -0.113. The van der Waals surface area contributed by atoms with Crippen molar-refractivity contribution in [3.63, 3.8) is 0 Å². The van der Waals surface area contributed by atoms with Crippen molar-refractivity contribution in [3.8, 4) is 11.5 Å². The predicted molar refractivity (Wildman–Crippen MR) is 59.5 cm³/mol. The van der Waals surface area contributed by atoms with Gasteiger partial charge in [-0.1, -0.05) is 0 Å². The van der Waals surface area contributed by atoms with Crippen molar-refractivity contribution in [1.29, 1.82) is 0 Å². The van der Waals surface area contributed by atoms with Gasteiger partial charge in [0.2, 0.25) is 0 Å². The van der Waals surface area contributed by atoms with Gasteiger partial charge in [0.15, 0.2) is 11.5 Å². The number of hydrogen-bond donors (Lipinski definition) is 1. The molecular formula is C12H13NO4. The summed E-state index contributed by atoms with van der Waals surface area (Å²) in [5.74, 6) is 1.21. The molecule has 17 heavy (non-hydrogen) atoms. The van der Waals surface area contributed by atoms with Crippen LogP contribution in [0.15, 0.2) is 18.2 Å². The highest BCUT2D eigenvalue weighted by Gasteiger charge is 2.23. The molecule has 1 aromatic rings. The quantitative estimate of drug-likeness (QED) is 0.779. The molecule has 3 rings (SSSR count). The van der Waals surface area contributed by atoms with Crippen molar-refractivity contribution in [1.82, 2.24) is 5.32 Å². The normalized spacial score (nSPS) is 20.8. The number of rotatable bonds is 3. The molecule has 1 saturated heterocycles. The summed E-state index contributed by atoms with van der Waals surface area (Å²) in [5, 5.41) is 2.81. The van der Waals surface area contributed by atoms with Crippen molar-refractivity contribution in [3.05, 3.63) is 23.8 Å². The van der Waals surface area contributed by atoms with Crippen molar-refractivity contribution >= 4 is 5.91 Å². The second-order valence-electron chi connectivity index (χ2n) is 4.02. The van der Waals surface area contributed by atoms with E-state index in [9.17, 15) is 4.79 Å². The first-order valence-corrected chi connectivity index (χ1v) is 5.62. The fraction of sp³-hybridized carbons (Fsp3) is 0.417. The van der Waals surface area contributed by atoms with E-state index in [1.165, 1.54) is 0 Å². The molecule has 1 aromatic carbocycles. The van der Waals surface area contributed by atoms with E-state index in [-0.39, 0.29) is 12.0 Å². The molecule has 90 valence electrons. The van der Waals surface area contributed by atoms with E-state index in [4.69, 9.17) is 14.2 Å². The zero-order chi connectivity index (χ0) is 11.7. The minimum absolute atomic E-state index is 0.113. The highest BCUT2D eigenvalue weighted by atomic mass is 16.6. The molecule has 1 fully saturated rings. The molecule has 5 heteroatoms. The molecular weight excluding hydrogens is 222 g/mol. The zero-order valence-corrected chi connectivity index (χ0v) is 9.27. The molecule has 1 atom stereocenters. The number of amides is 1. The van der Waals surface area contributed by atoms with E-state index in [1.807, 2.05) is 0 Å². The van der Waals surface area contributed by atoms with Crippen LogP contribution in [0.2, 0.25) is 0 Å². The third-order valence-electron chi connectivity index (χ3n) is 2.70. The lowest BCUT2D eigenvalue weighted by Crippen LogP contribution is -2.27. The maximum absolute atomic E-state index is 11.8. The second kappa shape index (κ2) is 4.25. The largest absolute Gasteiger partial charge is 0.486 e. The molecule has 5 nitrogen and oxygen atoms in total. The smallest absolute Gasteiger partial charge is 0.251 e. The fourth-order valence-corrected chi connectivity index (χ4v) is 1.68. The van der Waals surface area contributed by atoms with Gasteiger partial charge >= 0.3 is 0 Å². The molecule has 0 aliphatic carbocycles.